The standard InChI is InChI=1S/C18H16N2O4S/c1-12(21)20-9-8-15-6-7-17(25-15)16(22)11-24-18(23)14-4-2-13(10-19)3-5-14/h2-7H,8-9,11H2,1H3,(H,20,21). The second-order valence-electron chi connectivity index (χ2n) is 5.19. The molecule has 1 N–H and O–H groups in total. The Morgan fingerprint density at radius 3 is 2.52 bits per heavy atom. The van der Waals surface area contributed by atoms with E-state index < -0.39 is 5.97 Å². The number of benzene rings is 1. The van der Waals surface area contributed by atoms with E-state index in [1.807, 2.05) is 12.1 Å². The first-order chi connectivity index (χ1) is 12.0. The Morgan fingerprint density at radius 2 is 1.88 bits per heavy atom. The molecule has 0 saturated carbocycles. The second kappa shape index (κ2) is 8.76. The topological polar surface area (TPSA) is 96.3 Å². The second-order valence-corrected chi connectivity index (χ2v) is 6.36. The Bertz CT molecular complexity index is 818. The summed E-state index contributed by atoms with van der Waals surface area (Å²) < 4.78 is 5.02. The molecular weight excluding hydrogens is 340 g/mol. The minimum absolute atomic E-state index is 0.0948. The molecule has 0 bridgehead atoms. The number of nitriles is 1. The third-order valence-electron chi connectivity index (χ3n) is 3.27. The van der Waals surface area contributed by atoms with E-state index in [1.165, 1.54) is 42.5 Å². The van der Waals surface area contributed by atoms with Crippen molar-refractivity contribution in [3.63, 3.8) is 0 Å². The number of nitrogens with one attached hydrogen (secondary N) is 1. The van der Waals surface area contributed by atoms with Crippen molar-refractivity contribution in [3.8, 4) is 6.07 Å². The third kappa shape index (κ3) is 5.55. The predicted octanol–water partition coefficient (Wildman–Crippen LogP) is 2.34. The van der Waals surface area contributed by atoms with Crippen molar-refractivity contribution < 1.29 is 19.1 Å². The van der Waals surface area contributed by atoms with Crippen LogP contribution in [0.25, 0.3) is 0 Å². The smallest absolute Gasteiger partial charge is 0.338 e. The summed E-state index contributed by atoms with van der Waals surface area (Å²) in [4.78, 5) is 36.3. The Labute approximate surface area is 149 Å². The number of amides is 1. The zero-order chi connectivity index (χ0) is 18.2. The van der Waals surface area contributed by atoms with Gasteiger partial charge in [0.25, 0.3) is 0 Å². The number of carbonyl (C=O) groups excluding carboxylic acids is 3. The predicted molar refractivity (Wildman–Crippen MR) is 92.5 cm³/mol. The van der Waals surface area contributed by atoms with Crippen LogP contribution >= 0.6 is 11.3 Å². The van der Waals surface area contributed by atoms with Gasteiger partial charge in [0.15, 0.2) is 6.61 Å². The van der Waals surface area contributed by atoms with Crippen molar-refractivity contribution in [2.24, 2.45) is 0 Å². The van der Waals surface area contributed by atoms with Gasteiger partial charge in [-0.05, 0) is 42.8 Å². The largest absolute Gasteiger partial charge is 0.454 e. The van der Waals surface area contributed by atoms with Crippen LogP contribution in [0.2, 0.25) is 0 Å². The highest BCUT2D eigenvalue weighted by Crippen LogP contribution is 2.18. The summed E-state index contributed by atoms with van der Waals surface area (Å²) in [6.07, 6.45) is 0.641. The molecule has 2 aromatic rings. The van der Waals surface area contributed by atoms with Crippen LogP contribution in [0, 0.1) is 11.3 Å². The molecule has 6 nitrogen and oxygen atoms in total. The maximum absolute atomic E-state index is 12.1. The maximum atomic E-state index is 12.1. The Kier molecular flexibility index (Phi) is 6.43. The summed E-state index contributed by atoms with van der Waals surface area (Å²) in [5.41, 5.74) is 0.729. The first-order valence-corrected chi connectivity index (χ1v) is 8.35. The normalized spacial score (nSPS) is 9.92. The molecule has 0 unspecified atom stereocenters. The van der Waals surface area contributed by atoms with E-state index in [4.69, 9.17) is 10.00 Å². The number of Topliss-reactive ketones (excluding diaryl/α,β-unsaturated/α-hetero) is 1. The monoisotopic (exact) mass is 356 g/mol. The molecule has 1 aromatic heterocycles. The van der Waals surface area contributed by atoms with Gasteiger partial charge in [-0.3, -0.25) is 9.59 Å². The lowest BCUT2D eigenvalue weighted by atomic mass is 10.1. The number of ketones is 1. The van der Waals surface area contributed by atoms with E-state index >= 15 is 0 Å². The molecule has 25 heavy (non-hydrogen) atoms. The zero-order valence-electron chi connectivity index (χ0n) is 13.6. The van der Waals surface area contributed by atoms with Crippen molar-refractivity contribution in [1.82, 2.24) is 5.32 Å². The number of hydrogen-bond donors (Lipinski definition) is 1. The molecule has 1 aromatic carbocycles. The summed E-state index contributed by atoms with van der Waals surface area (Å²) in [6, 6.07) is 11.5. The van der Waals surface area contributed by atoms with Crippen LogP contribution in [-0.2, 0) is 16.0 Å². The van der Waals surface area contributed by atoms with E-state index in [1.54, 1.807) is 6.07 Å². The van der Waals surface area contributed by atoms with Crippen molar-refractivity contribution in [2.45, 2.75) is 13.3 Å². The average Bonchev–Trinajstić information content (AvgIpc) is 3.08. The first kappa shape index (κ1) is 18.4. The highest BCUT2D eigenvalue weighted by atomic mass is 32.1. The number of thiophene rings is 1. The van der Waals surface area contributed by atoms with Gasteiger partial charge in [-0.15, -0.1) is 11.3 Å². The average molecular weight is 356 g/mol. The SMILES string of the molecule is CC(=O)NCCc1ccc(C(=O)COC(=O)c2ccc(C#N)cc2)s1. The highest BCUT2D eigenvalue weighted by Gasteiger charge is 2.14. The zero-order valence-corrected chi connectivity index (χ0v) is 14.4. The van der Waals surface area contributed by atoms with E-state index in [9.17, 15) is 14.4 Å². The highest BCUT2D eigenvalue weighted by molar-refractivity contribution is 7.14. The van der Waals surface area contributed by atoms with Crippen LogP contribution in [0.15, 0.2) is 36.4 Å². The summed E-state index contributed by atoms with van der Waals surface area (Å²) >= 11 is 1.32. The number of carbonyl (C=O) groups is 3. The summed E-state index contributed by atoms with van der Waals surface area (Å²) in [5, 5.41) is 11.4. The fourth-order valence-electron chi connectivity index (χ4n) is 1.99. The van der Waals surface area contributed by atoms with E-state index in [-0.39, 0.29) is 23.9 Å². The van der Waals surface area contributed by atoms with Crippen molar-refractivity contribution >= 4 is 29.0 Å². The molecule has 0 aliphatic rings. The molecule has 0 aliphatic heterocycles. The summed E-state index contributed by atoms with van der Waals surface area (Å²) in [6.45, 7) is 1.62. The van der Waals surface area contributed by atoms with Gasteiger partial charge in [-0.2, -0.15) is 5.26 Å². The van der Waals surface area contributed by atoms with Gasteiger partial charge in [0, 0.05) is 18.3 Å². The van der Waals surface area contributed by atoms with Gasteiger partial charge < -0.3 is 10.1 Å². The quantitative estimate of drug-likeness (QED) is 0.607. The Morgan fingerprint density at radius 1 is 1.16 bits per heavy atom. The molecule has 7 heteroatoms. The molecular formula is C18H16N2O4S. The molecule has 0 radical (unpaired) electrons. The lowest BCUT2D eigenvalue weighted by molar-refractivity contribution is -0.118. The van der Waals surface area contributed by atoms with Crippen molar-refractivity contribution in [2.75, 3.05) is 13.2 Å². The van der Waals surface area contributed by atoms with Gasteiger partial charge in [0.2, 0.25) is 11.7 Å². The van der Waals surface area contributed by atoms with E-state index in [2.05, 4.69) is 5.32 Å². The molecule has 0 spiro atoms. The van der Waals surface area contributed by atoms with Gasteiger partial charge in [0.05, 0.1) is 22.1 Å². The number of nitrogens with zero attached hydrogens (tertiary/aromatic N) is 1. The summed E-state index contributed by atoms with van der Waals surface area (Å²) in [5.74, 6) is -0.986. The molecule has 2 rings (SSSR count). The molecule has 1 heterocycles. The van der Waals surface area contributed by atoms with Crippen LogP contribution < -0.4 is 5.32 Å². The fraction of sp³-hybridized carbons (Fsp3) is 0.222. The van der Waals surface area contributed by atoms with Crippen molar-refractivity contribution in [1.29, 1.82) is 5.26 Å². The molecule has 0 aliphatic carbocycles. The number of rotatable bonds is 7. The molecule has 0 saturated heterocycles. The molecule has 0 fully saturated rings. The summed E-state index contributed by atoms with van der Waals surface area (Å²) in [7, 11) is 0. The minimum Gasteiger partial charge on any atom is -0.454 e. The van der Waals surface area contributed by atoms with Crippen LogP contribution in [0.3, 0.4) is 0 Å². The van der Waals surface area contributed by atoms with Crippen LogP contribution in [-0.4, -0.2) is 30.8 Å². The Balaban J connectivity index is 1.85. The fourth-order valence-corrected chi connectivity index (χ4v) is 2.92. The van der Waals surface area contributed by atoms with Crippen LogP contribution in [0.5, 0.6) is 0 Å². The number of hydrogen-bond acceptors (Lipinski definition) is 6. The minimum atomic E-state index is -0.611. The van der Waals surface area contributed by atoms with Crippen molar-refractivity contribution in [3.05, 3.63) is 57.3 Å². The number of ether oxygens (including phenoxy) is 1. The van der Waals surface area contributed by atoms with Gasteiger partial charge in [-0.1, -0.05) is 0 Å². The number of esters is 1. The van der Waals surface area contributed by atoms with E-state index in [0.717, 1.165) is 4.88 Å². The van der Waals surface area contributed by atoms with E-state index in [0.29, 0.717) is 23.4 Å². The Hall–Kier alpha value is -2.98. The molecule has 128 valence electrons. The van der Waals surface area contributed by atoms with Gasteiger partial charge >= 0.3 is 5.97 Å². The third-order valence-corrected chi connectivity index (χ3v) is 4.45. The van der Waals surface area contributed by atoms with Gasteiger partial charge in [0.1, 0.15) is 0 Å². The van der Waals surface area contributed by atoms with Gasteiger partial charge in [-0.25, -0.2) is 4.79 Å². The lowest BCUT2D eigenvalue weighted by Gasteiger charge is -2.03. The van der Waals surface area contributed by atoms with Crippen LogP contribution in [0.1, 0.15) is 37.4 Å². The van der Waals surface area contributed by atoms with Crippen LogP contribution in [0.4, 0.5) is 0 Å². The first-order valence-electron chi connectivity index (χ1n) is 7.53. The maximum Gasteiger partial charge on any atom is 0.338 e. The molecule has 1 amide bonds. The molecule has 0 atom stereocenters. The lowest BCUT2D eigenvalue weighted by Crippen LogP contribution is -2.22.